The SMILES string of the molecule is COc1ccc(CC(=O)N2CCC(N(C)C)c3ccccc32)cc1. The summed E-state index contributed by atoms with van der Waals surface area (Å²) >= 11 is 0. The molecule has 1 unspecified atom stereocenters. The number of benzene rings is 2. The Morgan fingerprint density at radius 1 is 1.17 bits per heavy atom. The van der Waals surface area contributed by atoms with Gasteiger partial charge in [0, 0.05) is 18.3 Å². The lowest BCUT2D eigenvalue weighted by molar-refractivity contribution is -0.118. The number of fused-ring (bicyclic) bond motifs is 1. The van der Waals surface area contributed by atoms with Crippen LogP contribution < -0.4 is 9.64 Å². The van der Waals surface area contributed by atoms with Crippen LogP contribution in [-0.4, -0.2) is 38.6 Å². The minimum Gasteiger partial charge on any atom is -0.497 e. The van der Waals surface area contributed by atoms with Gasteiger partial charge in [-0.2, -0.15) is 0 Å². The van der Waals surface area contributed by atoms with Gasteiger partial charge in [0.25, 0.3) is 0 Å². The van der Waals surface area contributed by atoms with Crippen LogP contribution in [0.3, 0.4) is 0 Å². The number of rotatable bonds is 4. The van der Waals surface area contributed by atoms with Crippen LogP contribution in [0.1, 0.15) is 23.6 Å². The molecule has 1 aliphatic heterocycles. The largest absolute Gasteiger partial charge is 0.497 e. The molecule has 4 nitrogen and oxygen atoms in total. The lowest BCUT2D eigenvalue weighted by Gasteiger charge is -2.37. The van der Waals surface area contributed by atoms with Gasteiger partial charge in [-0.1, -0.05) is 30.3 Å². The smallest absolute Gasteiger partial charge is 0.231 e. The van der Waals surface area contributed by atoms with Gasteiger partial charge in [0.2, 0.25) is 5.91 Å². The molecule has 0 saturated heterocycles. The Balaban J connectivity index is 1.81. The third kappa shape index (κ3) is 3.29. The number of hydrogen-bond donors (Lipinski definition) is 0. The molecule has 1 heterocycles. The van der Waals surface area contributed by atoms with Gasteiger partial charge in [0.15, 0.2) is 0 Å². The van der Waals surface area contributed by atoms with Gasteiger partial charge in [-0.3, -0.25) is 4.79 Å². The molecule has 2 aromatic rings. The van der Waals surface area contributed by atoms with Gasteiger partial charge in [-0.25, -0.2) is 0 Å². The first-order valence-corrected chi connectivity index (χ1v) is 8.29. The third-order valence-corrected chi connectivity index (χ3v) is 4.65. The second kappa shape index (κ2) is 7.05. The predicted octanol–water partition coefficient (Wildman–Crippen LogP) is 3.28. The number of para-hydroxylation sites is 1. The van der Waals surface area contributed by atoms with Crippen molar-refractivity contribution in [3.63, 3.8) is 0 Å². The normalized spacial score (nSPS) is 16.8. The molecule has 0 fully saturated rings. The molecule has 0 saturated carbocycles. The number of carbonyl (C=O) groups excluding carboxylic acids is 1. The van der Waals surface area contributed by atoms with Crippen molar-refractivity contribution in [3.05, 3.63) is 59.7 Å². The van der Waals surface area contributed by atoms with E-state index in [1.54, 1.807) is 7.11 Å². The Bertz CT molecular complexity index is 710. The number of hydrogen-bond acceptors (Lipinski definition) is 3. The van der Waals surface area contributed by atoms with E-state index in [0.717, 1.165) is 30.0 Å². The minimum absolute atomic E-state index is 0.143. The van der Waals surface area contributed by atoms with Crippen LogP contribution in [0, 0.1) is 0 Å². The van der Waals surface area contributed by atoms with Crippen LogP contribution in [0.5, 0.6) is 5.75 Å². The van der Waals surface area contributed by atoms with Crippen LogP contribution in [0.25, 0.3) is 0 Å². The van der Waals surface area contributed by atoms with E-state index in [9.17, 15) is 4.79 Å². The maximum atomic E-state index is 12.8. The standard InChI is InChI=1S/C20H24N2O2/c1-21(2)18-12-13-22(19-7-5-4-6-17(18)19)20(23)14-15-8-10-16(24-3)11-9-15/h4-11,18H,12-14H2,1-3H3. The fourth-order valence-electron chi connectivity index (χ4n) is 3.35. The summed E-state index contributed by atoms with van der Waals surface area (Å²) in [6.07, 6.45) is 1.36. The van der Waals surface area contributed by atoms with Crippen molar-refractivity contribution in [2.75, 3.05) is 32.6 Å². The second-order valence-electron chi connectivity index (χ2n) is 6.40. The maximum absolute atomic E-state index is 12.8. The van der Waals surface area contributed by atoms with Crippen molar-refractivity contribution in [2.45, 2.75) is 18.9 Å². The minimum atomic E-state index is 0.143. The molecule has 0 spiro atoms. The third-order valence-electron chi connectivity index (χ3n) is 4.65. The quantitative estimate of drug-likeness (QED) is 0.865. The van der Waals surface area contributed by atoms with Gasteiger partial charge in [-0.15, -0.1) is 0 Å². The molecule has 0 bridgehead atoms. The molecule has 0 radical (unpaired) electrons. The van der Waals surface area contributed by atoms with E-state index in [1.165, 1.54) is 5.56 Å². The van der Waals surface area contributed by atoms with Crippen LogP contribution >= 0.6 is 0 Å². The first kappa shape index (κ1) is 16.5. The molecule has 1 atom stereocenters. The van der Waals surface area contributed by atoms with Crippen LogP contribution in [0.15, 0.2) is 48.5 Å². The van der Waals surface area contributed by atoms with Crippen molar-refractivity contribution in [2.24, 2.45) is 0 Å². The molecule has 1 amide bonds. The van der Waals surface area contributed by atoms with E-state index in [2.05, 4.69) is 31.1 Å². The zero-order valence-electron chi connectivity index (χ0n) is 14.5. The van der Waals surface area contributed by atoms with E-state index in [0.29, 0.717) is 12.5 Å². The van der Waals surface area contributed by atoms with E-state index in [-0.39, 0.29) is 5.91 Å². The molecule has 2 aromatic carbocycles. The van der Waals surface area contributed by atoms with Crippen LogP contribution in [0.2, 0.25) is 0 Å². The zero-order valence-corrected chi connectivity index (χ0v) is 14.5. The first-order valence-electron chi connectivity index (χ1n) is 8.29. The highest BCUT2D eigenvalue weighted by Crippen LogP contribution is 2.36. The molecule has 24 heavy (non-hydrogen) atoms. The summed E-state index contributed by atoms with van der Waals surface area (Å²) in [4.78, 5) is 17.0. The first-order chi connectivity index (χ1) is 11.6. The number of nitrogens with zero attached hydrogens (tertiary/aromatic N) is 2. The summed E-state index contributed by atoms with van der Waals surface area (Å²) < 4.78 is 5.17. The molecule has 3 rings (SSSR count). The number of ether oxygens (including phenoxy) is 1. The van der Waals surface area contributed by atoms with E-state index in [4.69, 9.17) is 4.74 Å². The van der Waals surface area contributed by atoms with Crippen molar-refractivity contribution < 1.29 is 9.53 Å². The fourth-order valence-corrected chi connectivity index (χ4v) is 3.35. The Labute approximate surface area is 143 Å². The Morgan fingerprint density at radius 2 is 1.88 bits per heavy atom. The summed E-state index contributed by atoms with van der Waals surface area (Å²) in [5.74, 6) is 0.952. The molecule has 0 aliphatic carbocycles. The van der Waals surface area contributed by atoms with Crippen molar-refractivity contribution in [1.82, 2.24) is 4.90 Å². The van der Waals surface area contributed by atoms with Crippen molar-refractivity contribution in [3.8, 4) is 5.75 Å². The lowest BCUT2D eigenvalue weighted by Crippen LogP contribution is -2.40. The topological polar surface area (TPSA) is 32.8 Å². The zero-order chi connectivity index (χ0) is 17.1. The second-order valence-corrected chi connectivity index (χ2v) is 6.40. The predicted molar refractivity (Wildman–Crippen MR) is 96.5 cm³/mol. The van der Waals surface area contributed by atoms with Gasteiger partial charge in [0.1, 0.15) is 5.75 Å². The average Bonchev–Trinajstić information content (AvgIpc) is 2.61. The summed E-state index contributed by atoms with van der Waals surface area (Å²) in [5.41, 5.74) is 3.28. The molecule has 126 valence electrons. The molecular formula is C20H24N2O2. The monoisotopic (exact) mass is 324 g/mol. The van der Waals surface area contributed by atoms with Gasteiger partial charge in [-0.05, 0) is 49.8 Å². The summed E-state index contributed by atoms with van der Waals surface area (Å²) in [5, 5.41) is 0. The highest BCUT2D eigenvalue weighted by atomic mass is 16.5. The van der Waals surface area contributed by atoms with Gasteiger partial charge < -0.3 is 14.5 Å². The summed E-state index contributed by atoms with van der Waals surface area (Å²) in [6, 6.07) is 16.3. The molecule has 1 aliphatic rings. The molecular weight excluding hydrogens is 300 g/mol. The molecule has 0 aromatic heterocycles. The lowest BCUT2D eigenvalue weighted by atomic mass is 9.95. The number of anilines is 1. The van der Waals surface area contributed by atoms with Crippen molar-refractivity contribution >= 4 is 11.6 Å². The summed E-state index contributed by atoms with van der Waals surface area (Å²) in [7, 11) is 5.83. The van der Waals surface area contributed by atoms with E-state index in [1.807, 2.05) is 41.3 Å². The summed E-state index contributed by atoms with van der Waals surface area (Å²) in [6.45, 7) is 0.759. The number of amides is 1. The van der Waals surface area contributed by atoms with E-state index >= 15 is 0 Å². The van der Waals surface area contributed by atoms with Crippen LogP contribution in [-0.2, 0) is 11.2 Å². The van der Waals surface area contributed by atoms with Crippen LogP contribution in [0.4, 0.5) is 5.69 Å². The Kier molecular flexibility index (Phi) is 4.86. The maximum Gasteiger partial charge on any atom is 0.231 e. The van der Waals surface area contributed by atoms with E-state index < -0.39 is 0 Å². The molecule has 4 heteroatoms. The highest BCUT2D eigenvalue weighted by molar-refractivity contribution is 5.96. The Hall–Kier alpha value is -2.33. The van der Waals surface area contributed by atoms with Gasteiger partial charge in [0.05, 0.1) is 13.5 Å². The van der Waals surface area contributed by atoms with Crippen molar-refractivity contribution in [1.29, 1.82) is 0 Å². The Morgan fingerprint density at radius 3 is 2.54 bits per heavy atom. The van der Waals surface area contributed by atoms with Gasteiger partial charge >= 0.3 is 0 Å². The number of carbonyl (C=O) groups is 1. The fraction of sp³-hybridized carbons (Fsp3) is 0.350. The number of methoxy groups -OCH3 is 1. The highest BCUT2D eigenvalue weighted by Gasteiger charge is 2.29. The molecule has 0 N–H and O–H groups in total. The average molecular weight is 324 g/mol.